The topological polar surface area (TPSA) is 33.7 Å². The van der Waals surface area contributed by atoms with Crippen molar-refractivity contribution in [3.05, 3.63) is 23.8 Å². The minimum atomic E-state index is -0.0516. The van der Waals surface area contributed by atoms with Gasteiger partial charge in [-0.05, 0) is 33.1 Å². The van der Waals surface area contributed by atoms with E-state index in [1.807, 2.05) is 0 Å². The molecule has 1 aromatic rings. The van der Waals surface area contributed by atoms with Crippen LogP contribution in [-0.4, -0.2) is 44.3 Å². The second-order valence-electron chi connectivity index (χ2n) is 6.80. The van der Waals surface area contributed by atoms with Gasteiger partial charge in [0, 0.05) is 37.1 Å². The molecule has 1 N–H and O–H groups in total. The van der Waals surface area contributed by atoms with E-state index in [-0.39, 0.29) is 5.60 Å². The van der Waals surface area contributed by atoms with Crippen molar-refractivity contribution in [1.82, 2.24) is 10.2 Å². The van der Waals surface area contributed by atoms with Crippen molar-refractivity contribution in [1.29, 1.82) is 0 Å². The van der Waals surface area contributed by atoms with Gasteiger partial charge in [0.25, 0.3) is 0 Å². The number of fused-ring (bicyclic) bond motifs is 1. The molecule has 2 heterocycles. The average Bonchev–Trinajstić information content (AvgIpc) is 2.94. The van der Waals surface area contributed by atoms with E-state index in [1.54, 1.807) is 0 Å². The van der Waals surface area contributed by atoms with Crippen LogP contribution in [0.5, 0.6) is 11.5 Å². The number of hydrogen-bond acceptors (Lipinski definition) is 4. The Morgan fingerprint density at radius 1 is 1.41 bits per heavy atom. The zero-order chi connectivity index (χ0) is 15.6. The number of unbranched alkanes of at least 4 members (excludes halogenated alkanes) is 1. The number of benzene rings is 1. The predicted molar refractivity (Wildman–Crippen MR) is 88.7 cm³/mol. The normalized spacial score (nSPS) is 27.0. The van der Waals surface area contributed by atoms with Crippen molar-refractivity contribution >= 4 is 0 Å². The van der Waals surface area contributed by atoms with E-state index in [1.165, 1.54) is 5.56 Å². The van der Waals surface area contributed by atoms with E-state index in [9.17, 15) is 0 Å². The molecule has 0 aliphatic carbocycles. The van der Waals surface area contributed by atoms with Gasteiger partial charge in [-0.2, -0.15) is 0 Å². The van der Waals surface area contributed by atoms with Crippen LogP contribution in [-0.2, 0) is 0 Å². The third-order valence-corrected chi connectivity index (χ3v) is 4.83. The first-order valence-electron chi connectivity index (χ1n) is 8.46. The minimum absolute atomic E-state index is 0.0516. The summed E-state index contributed by atoms with van der Waals surface area (Å²) in [5.74, 6) is 1.93. The van der Waals surface area contributed by atoms with Crippen molar-refractivity contribution in [2.75, 3.05) is 33.8 Å². The zero-order valence-corrected chi connectivity index (χ0v) is 14.0. The second-order valence-corrected chi connectivity index (χ2v) is 6.80. The quantitative estimate of drug-likeness (QED) is 0.848. The molecule has 0 amide bonds. The molecule has 22 heavy (non-hydrogen) atoms. The predicted octanol–water partition coefficient (Wildman–Crippen LogP) is 2.98. The molecule has 0 aromatic heterocycles. The Hall–Kier alpha value is -1.26. The molecule has 2 aliphatic rings. The largest absolute Gasteiger partial charge is 0.493 e. The van der Waals surface area contributed by atoms with Crippen LogP contribution in [0.15, 0.2) is 18.2 Å². The van der Waals surface area contributed by atoms with Crippen LogP contribution in [0.25, 0.3) is 0 Å². The van der Waals surface area contributed by atoms with E-state index >= 15 is 0 Å². The van der Waals surface area contributed by atoms with Crippen LogP contribution in [0.1, 0.15) is 44.2 Å². The Morgan fingerprint density at radius 2 is 2.27 bits per heavy atom. The molecule has 0 radical (unpaired) electrons. The first-order chi connectivity index (χ1) is 10.6. The van der Waals surface area contributed by atoms with Gasteiger partial charge in [-0.15, -0.1) is 0 Å². The molecular weight excluding hydrogens is 276 g/mol. The lowest BCUT2D eigenvalue weighted by Gasteiger charge is -2.42. The van der Waals surface area contributed by atoms with E-state index in [4.69, 9.17) is 9.47 Å². The summed E-state index contributed by atoms with van der Waals surface area (Å²) in [4.78, 5) is 2.30. The van der Waals surface area contributed by atoms with Crippen LogP contribution in [0.4, 0.5) is 0 Å². The Morgan fingerprint density at radius 3 is 2.95 bits per heavy atom. The summed E-state index contributed by atoms with van der Waals surface area (Å²) in [6.07, 6.45) is 4.37. The summed E-state index contributed by atoms with van der Waals surface area (Å²) >= 11 is 0. The lowest BCUT2D eigenvalue weighted by Crippen LogP contribution is -2.45. The fourth-order valence-corrected chi connectivity index (χ4v) is 3.48. The van der Waals surface area contributed by atoms with E-state index < -0.39 is 0 Å². The lowest BCUT2D eigenvalue weighted by atomic mass is 9.86. The van der Waals surface area contributed by atoms with Crippen LogP contribution in [0.3, 0.4) is 0 Å². The summed E-state index contributed by atoms with van der Waals surface area (Å²) in [6.45, 7) is 4.94. The molecular formula is C18H28N2O2. The van der Waals surface area contributed by atoms with E-state index in [0.29, 0.717) is 6.04 Å². The van der Waals surface area contributed by atoms with Crippen molar-refractivity contribution < 1.29 is 9.47 Å². The average molecular weight is 304 g/mol. The summed E-state index contributed by atoms with van der Waals surface area (Å²) < 4.78 is 12.3. The standard InChI is InChI=1S/C18H28N2O2/c1-4-5-10-21-14-6-7-15-16(20(2)3)12-18(8-9-19-13-18)22-17(15)11-14/h6-7,11,16,19H,4-5,8-10,12-13H2,1-3H3. The zero-order valence-electron chi connectivity index (χ0n) is 14.0. The SMILES string of the molecule is CCCCOc1ccc2c(c1)OC1(CCNC1)CC2N(C)C. The van der Waals surface area contributed by atoms with Crippen molar-refractivity contribution in [3.63, 3.8) is 0 Å². The van der Waals surface area contributed by atoms with Crippen molar-refractivity contribution in [2.24, 2.45) is 0 Å². The highest BCUT2D eigenvalue weighted by atomic mass is 16.5. The smallest absolute Gasteiger partial charge is 0.128 e. The maximum absolute atomic E-state index is 6.44. The molecule has 2 unspecified atom stereocenters. The molecule has 2 aliphatic heterocycles. The molecule has 3 rings (SSSR count). The van der Waals surface area contributed by atoms with Gasteiger partial charge in [-0.1, -0.05) is 19.4 Å². The van der Waals surface area contributed by atoms with Gasteiger partial charge in [0.1, 0.15) is 17.1 Å². The fourth-order valence-electron chi connectivity index (χ4n) is 3.48. The van der Waals surface area contributed by atoms with Gasteiger partial charge in [0.15, 0.2) is 0 Å². The summed E-state index contributed by atoms with van der Waals surface area (Å²) in [6, 6.07) is 6.75. The first-order valence-corrected chi connectivity index (χ1v) is 8.46. The first kappa shape index (κ1) is 15.6. The molecule has 1 aromatic carbocycles. The second kappa shape index (κ2) is 6.47. The molecule has 122 valence electrons. The highest BCUT2D eigenvalue weighted by molar-refractivity contribution is 5.45. The van der Waals surface area contributed by atoms with Gasteiger partial charge in [0.05, 0.1) is 6.61 Å². The molecule has 2 atom stereocenters. The molecule has 0 saturated carbocycles. The molecule has 4 heteroatoms. The Balaban J connectivity index is 1.85. The summed E-state index contributed by atoms with van der Waals surface area (Å²) in [5.41, 5.74) is 1.23. The molecule has 1 fully saturated rings. The summed E-state index contributed by atoms with van der Waals surface area (Å²) in [5, 5.41) is 3.45. The minimum Gasteiger partial charge on any atom is -0.493 e. The van der Waals surface area contributed by atoms with Crippen LogP contribution in [0.2, 0.25) is 0 Å². The molecule has 1 spiro atoms. The lowest BCUT2D eigenvalue weighted by molar-refractivity contribution is 0.0286. The third kappa shape index (κ3) is 3.08. The van der Waals surface area contributed by atoms with Crippen molar-refractivity contribution in [3.8, 4) is 11.5 Å². The molecule has 0 bridgehead atoms. The van der Waals surface area contributed by atoms with Crippen LogP contribution in [0, 0.1) is 0 Å². The Kier molecular flexibility index (Phi) is 4.59. The van der Waals surface area contributed by atoms with E-state index in [2.05, 4.69) is 49.4 Å². The Labute approximate surface area is 133 Å². The van der Waals surface area contributed by atoms with Gasteiger partial charge in [0.2, 0.25) is 0 Å². The molecule has 4 nitrogen and oxygen atoms in total. The van der Waals surface area contributed by atoms with Gasteiger partial charge < -0.3 is 19.7 Å². The number of nitrogens with one attached hydrogen (secondary N) is 1. The van der Waals surface area contributed by atoms with Gasteiger partial charge in [-0.3, -0.25) is 0 Å². The van der Waals surface area contributed by atoms with E-state index in [0.717, 1.165) is 56.9 Å². The van der Waals surface area contributed by atoms with Gasteiger partial charge >= 0.3 is 0 Å². The highest BCUT2D eigenvalue weighted by Crippen LogP contribution is 2.45. The number of ether oxygens (including phenoxy) is 2. The van der Waals surface area contributed by atoms with Crippen LogP contribution < -0.4 is 14.8 Å². The maximum Gasteiger partial charge on any atom is 0.128 e. The number of nitrogens with zero attached hydrogens (tertiary/aromatic N) is 1. The Bertz CT molecular complexity index is 510. The third-order valence-electron chi connectivity index (χ3n) is 4.83. The number of rotatable bonds is 5. The maximum atomic E-state index is 6.44. The summed E-state index contributed by atoms with van der Waals surface area (Å²) in [7, 11) is 4.31. The molecule has 1 saturated heterocycles. The van der Waals surface area contributed by atoms with Gasteiger partial charge in [-0.25, -0.2) is 0 Å². The monoisotopic (exact) mass is 304 g/mol. The van der Waals surface area contributed by atoms with Crippen molar-refractivity contribution in [2.45, 2.75) is 44.2 Å². The fraction of sp³-hybridized carbons (Fsp3) is 0.667. The highest BCUT2D eigenvalue weighted by Gasteiger charge is 2.43. The van der Waals surface area contributed by atoms with Crippen LogP contribution >= 0.6 is 0 Å². The number of hydrogen-bond donors (Lipinski definition) is 1.